The van der Waals surface area contributed by atoms with E-state index in [9.17, 15) is 15.0 Å². The molecule has 0 bridgehead atoms. The highest BCUT2D eigenvalue weighted by molar-refractivity contribution is 5.96. The number of rotatable bonds is 2. The van der Waals surface area contributed by atoms with E-state index >= 15 is 0 Å². The molecule has 1 unspecified atom stereocenters. The van der Waals surface area contributed by atoms with Gasteiger partial charge >= 0.3 is 5.97 Å². The summed E-state index contributed by atoms with van der Waals surface area (Å²) in [6, 6.07) is 13.5. The van der Waals surface area contributed by atoms with Gasteiger partial charge in [-0.15, -0.1) is 0 Å². The number of hydrogen-bond donors (Lipinski definition) is 2. The highest BCUT2D eigenvalue weighted by Crippen LogP contribution is 2.36. The molecule has 1 aliphatic heterocycles. The summed E-state index contributed by atoms with van der Waals surface area (Å²) in [6.07, 6.45) is 0.928. The molecule has 1 aliphatic rings. The zero-order chi connectivity index (χ0) is 13.5. The van der Waals surface area contributed by atoms with Gasteiger partial charge in [-0.2, -0.15) is 0 Å². The molecule has 1 fully saturated rings. The van der Waals surface area contributed by atoms with E-state index in [0.29, 0.717) is 13.0 Å². The fourth-order valence-corrected chi connectivity index (χ4v) is 2.79. The maximum atomic E-state index is 11.4. The van der Waals surface area contributed by atoms with Crippen LogP contribution >= 0.6 is 0 Å². The Labute approximate surface area is 110 Å². The number of fused-ring (bicyclic) bond motifs is 1. The van der Waals surface area contributed by atoms with Crippen LogP contribution in [0.5, 0.6) is 0 Å². The van der Waals surface area contributed by atoms with Gasteiger partial charge in [-0.3, -0.25) is 0 Å². The van der Waals surface area contributed by atoms with Crippen LogP contribution in [0.15, 0.2) is 42.5 Å². The van der Waals surface area contributed by atoms with E-state index in [1.807, 2.05) is 42.5 Å². The van der Waals surface area contributed by atoms with Crippen molar-refractivity contribution in [2.75, 3.05) is 11.4 Å². The molecule has 4 nitrogen and oxygen atoms in total. The van der Waals surface area contributed by atoms with Gasteiger partial charge in [0.1, 0.15) is 0 Å². The minimum Gasteiger partial charge on any atom is -0.478 e. The molecule has 1 heterocycles. The Kier molecular flexibility index (Phi) is 2.68. The van der Waals surface area contributed by atoms with Crippen molar-refractivity contribution in [3.8, 4) is 0 Å². The number of anilines is 1. The van der Waals surface area contributed by atoms with Crippen molar-refractivity contribution in [1.82, 2.24) is 0 Å². The van der Waals surface area contributed by atoms with E-state index in [1.54, 1.807) is 4.90 Å². The average molecular weight is 257 g/mol. The average Bonchev–Trinajstić information content (AvgIpc) is 2.81. The summed E-state index contributed by atoms with van der Waals surface area (Å²) in [6.45, 7) is 0.552. The third-order valence-corrected chi connectivity index (χ3v) is 3.75. The molecular weight excluding hydrogens is 242 g/mol. The molecule has 3 rings (SSSR count). The minimum atomic E-state index is -1.79. The first-order valence-electron chi connectivity index (χ1n) is 6.34. The second-order valence-electron chi connectivity index (χ2n) is 4.88. The van der Waals surface area contributed by atoms with E-state index in [1.165, 1.54) is 0 Å². The van der Waals surface area contributed by atoms with E-state index in [-0.39, 0.29) is 6.42 Å². The number of aliphatic hydroxyl groups is 1. The fourth-order valence-electron chi connectivity index (χ4n) is 2.79. The molecule has 0 aliphatic carbocycles. The molecule has 4 heteroatoms. The topological polar surface area (TPSA) is 60.8 Å². The van der Waals surface area contributed by atoms with Gasteiger partial charge < -0.3 is 15.1 Å². The molecule has 19 heavy (non-hydrogen) atoms. The van der Waals surface area contributed by atoms with E-state index < -0.39 is 11.7 Å². The van der Waals surface area contributed by atoms with Crippen molar-refractivity contribution < 1.29 is 15.0 Å². The molecular formula is C15H15NO3. The maximum Gasteiger partial charge on any atom is 0.357 e. The zero-order valence-electron chi connectivity index (χ0n) is 10.4. The molecule has 2 aromatic rings. The predicted molar refractivity (Wildman–Crippen MR) is 73.1 cm³/mol. The van der Waals surface area contributed by atoms with Gasteiger partial charge in [0.05, 0.1) is 0 Å². The van der Waals surface area contributed by atoms with Gasteiger partial charge in [0.2, 0.25) is 5.72 Å². The van der Waals surface area contributed by atoms with Crippen molar-refractivity contribution in [2.45, 2.75) is 18.6 Å². The van der Waals surface area contributed by atoms with Gasteiger partial charge in [0.25, 0.3) is 0 Å². The molecule has 0 aromatic heterocycles. The number of benzene rings is 2. The lowest BCUT2D eigenvalue weighted by Gasteiger charge is -2.32. The van der Waals surface area contributed by atoms with Crippen LogP contribution in [0.3, 0.4) is 0 Å². The van der Waals surface area contributed by atoms with Crippen LogP contribution in [0.1, 0.15) is 12.8 Å². The normalized spacial score (nSPS) is 22.9. The summed E-state index contributed by atoms with van der Waals surface area (Å²) in [5.41, 5.74) is -1.01. The van der Waals surface area contributed by atoms with Gasteiger partial charge in [-0.1, -0.05) is 36.4 Å². The fraction of sp³-hybridized carbons (Fsp3) is 0.267. The summed E-state index contributed by atoms with van der Waals surface area (Å²) in [4.78, 5) is 12.9. The quantitative estimate of drug-likeness (QED) is 0.866. The van der Waals surface area contributed by atoms with Crippen LogP contribution in [-0.2, 0) is 4.79 Å². The monoisotopic (exact) mass is 257 g/mol. The lowest BCUT2D eigenvalue weighted by atomic mass is 10.1. The highest BCUT2D eigenvalue weighted by atomic mass is 16.4. The molecule has 0 radical (unpaired) electrons. The molecule has 2 N–H and O–H groups in total. The molecule has 0 amide bonds. The number of aliphatic carboxylic acids is 1. The van der Waals surface area contributed by atoms with Gasteiger partial charge in [0.15, 0.2) is 0 Å². The largest absolute Gasteiger partial charge is 0.478 e. The Morgan fingerprint density at radius 1 is 1.16 bits per heavy atom. The minimum absolute atomic E-state index is 0.256. The van der Waals surface area contributed by atoms with Crippen molar-refractivity contribution >= 4 is 22.4 Å². The molecule has 2 aromatic carbocycles. The third-order valence-electron chi connectivity index (χ3n) is 3.75. The van der Waals surface area contributed by atoms with Gasteiger partial charge in [0, 0.05) is 24.0 Å². The third kappa shape index (κ3) is 1.76. The Bertz CT molecular complexity index is 635. The zero-order valence-corrected chi connectivity index (χ0v) is 10.4. The second-order valence-corrected chi connectivity index (χ2v) is 4.88. The summed E-state index contributed by atoms with van der Waals surface area (Å²) >= 11 is 0. The van der Waals surface area contributed by atoms with Crippen LogP contribution in [0.2, 0.25) is 0 Å². The van der Waals surface area contributed by atoms with Crippen molar-refractivity contribution in [2.24, 2.45) is 0 Å². The number of carboxylic acid groups (broad SMARTS) is 1. The Hall–Kier alpha value is -2.07. The Morgan fingerprint density at radius 3 is 2.68 bits per heavy atom. The first-order valence-corrected chi connectivity index (χ1v) is 6.34. The predicted octanol–water partition coefficient (Wildman–Crippen LogP) is 2.21. The number of nitrogens with zero attached hydrogens (tertiary/aromatic N) is 1. The van der Waals surface area contributed by atoms with Crippen molar-refractivity contribution in [3.63, 3.8) is 0 Å². The highest BCUT2D eigenvalue weighted by Gasteiger charge is 2.46. The smallest absolute Gasteiger partial charge is 0.357 e. The molecule has 1 saturated heterocycles. The lowest BCUT2D eigenvalue weighted by molar-refractivity contribution is -0.157. The summed E-state index contributed by atoms with van der Waals surface area (Å²) in [7, 11) is 0. The number of carboxylic acids is 1. The summed E-state index contributed by atoms with van der Waals surface area (Å²) in [5, 5.41) is 21.7. The van der Waals surface area contributed by atoms with Crippen LogP contribution in [0.25, 0.3) is 10.8 Å². The van der Waals surface area contributed by atoms with E-state index in [4.69, 9.17) is 0 Å². The standard InChI is InChI=1S/C15H15NO3/c17-14(18)15(19)9-4-10-16(15)13-8-3-6-11-5-1-2-7-12(11)13/h1-3,5-8,19H,4,9-10H2,(H,17,18). The van der Waals surface area contributed by atoms with Gasteiger partial charge in [-0.05, 0) is 17.9 Å². The Balaban J connectivity index is 2.17. The van der Waals surface area contributed by atoms with E-state index in [0.717, 1.165) is 16.5 Å². The van der Waals surface area contributed by atoms with Crippen LogP contribution < -0.4 is 4.90 Å². The number of carbonyl (C=O) groups is 1. The molecule has 1 atom stereocenters. The SMILES string of the molecule is O=C(O)C1(O)CCCN1c1cccc2ccccc12. The first kappa shape index (κ1) is 12.0. The second kappa shape index (κ2) is 4.24. The lowest BCUT2D eigenvalue weighted by Crippen LogP contribution is -2.50. The molecule has 0 saturated carbocycles. The maximum absolute atomic E-state index is 11.4. The van der Waals surface area contributed by atoms with Crippen molar-refractivity contribution in [3.05, 3.63) is 42.5 Å². The number of hydrogen-bond acceptors (Lipinski definition) is 3. The van der Waals surface area contributed by atoms with E-state index in [2.05, 4.69) is 0 Å². The van der Waals surface area contributed by atoms with Crippen LogP contribution in [0, 0.1) is 0 Å². The summed E-state index contributed by atoms with van der Waals surface area (Å²) in [5.74, 6) is -1.18. The van der Waals surface area contributed by atoms with Gasteiger partial charge in [-0.25, -0.2) is 4.79 Å². The van der Waals surface area contributed by atoms with Crippen molar-refractivity contribution in [1.29, 1.82) is 0 Å². The Morgan fingerprint density at radius 2 is 1.89 bits per heavy atom. The van der Waals surface area contributed by atoms with Crippen LogP contribution in [-0.4, -0.2) is 28.5 Å². The molecule has 0 spiro atoms. The molecule has 98 valence electrons. The van der Waals surface area contributed by atoms with Crippen LogP contribution in [0.4, 0.5) is 5.69 Å². The summed E-state index contributed by atoms with van der Waals surface area (Å²) < 4.78 is 0. The first-order chi connectivity index (χ1) is 9.13.